The van der Waals surface area contributed by atoms with Crippen LogP contribution >= 0.6 is 11.6 Å². The van der Waals surface area contributed by atoms with Gasteiger partial charge in [-0.2, -0.15) is 13.2 Å². The van der Waals surface area contributed by atoms with Crippen LogP contribution in [0.5, 0.6) is 0 Å². The number of carbonyl (C=O) groups is 2. The summed E-state index contributed by atoms with van der Waals surface area (Å²) < 4.78 is 39.4. The number of alkyl halides is 3. The van der Waals surface area contributed by atoms with E-state index in [9.17, 15) is 22.8 Å². The van der Waals surface area contributed by atoms with E-state index < -0.39 is 17.3 Å². The number of carbonyl (C=O) groups excluding carboxylic acids is 2. The lowest BCUT2D eigenvalue weighted by molar-refractivity contribution is -0.137. The number of amides is 2. The van der Waals surface area contributed by atoms with Crippen molar-refractivity contribution in [2.75, 3.05) is 12.4 Å². The van der Waals surface area contributed by atoms with E-state index in [0.717, 1.165) is 12.1 Å². The summed E-state index contributed by atoms with van der Waals surface area (Å²) in [6.45, 7) is 1.89. The number of hydrogen-bond acceptors (Lipinski definition) is 2. The molecule has 0 aromatic heterocycles. The molecule has 1 aliphatic carbocycles. The first-order chi connectivity index (χ1) is 15.0. The van der Waals surface area contributed by atoms with Crippen molar-refractivity contribution < 1.29 is 22.8 Å². The van der Waals surface area contributed by atoms with E-state index in [1.54, 1.807) is 36.2 Å². The van der Waals surface area contributed by atoms with Gasteiger partial charge >= 0.3 is 6.18 Å². The van der Waals surface area contributed by atoms with Crippen molar-refractivity contribution in [1.82, 2.24) is 4.90 Å². The second kappa shape index (κ2) is 8.10. The van der Waals surface area contributed by atoms with Crippen molar-refractivity contribution in [3.63, 3.8) is 0 Å². The van der Waals surface area contributed by atoms with Gasteiger partial charge in [-0.15, -0.1) is 0 Å². The Hall–Kier alpha value is -2.54. The van der Waals surface area contributed by atoms with Crippen molar-refractivity contribution in [3.05, 3.63) is 64.2 Å². The maximum atomic E-state index is 13.1. The molecule has 2 aliphatic rings. The highest BCUT2D eigenvalue weighted by molar-refractivity contribution is 6.30. The molecule has 1 heterocycles. The van der Waals surface area contributed by atoms with E-state index in [1.165, 1.54) is 6.07 Å². The standard InChI is InChI=1S/C24H24ClF3N2O2/c1-14(21(31)29-18-6-4-17(25)5-7-18)15-9-11-23(12-10-15)20-8-3-16(24(26,27)28)13-19(20)22(32)30(23)2/h3-8,13-15H,9-12H2,1-2H3,(H,29,31)/t14-,15-,23-/m0/s1. The van der Waals surface area contributed by atoms with Gasteiger partial charge in [-0.1, -0.05) is 24.6 Å². The normalized spacial score (nSPS) is 23.9. The number of rotatable bonds is 3. The van der Waals surface area contributed by atoms with Gasteiger partial charge < -0.3 is 10.2 Å². The molecule has 2 amide bonds. The number of fused-ring (bicyclic) bond motifs is 2. The third-order valence-electron chi connectivity index (χ3n) is 7.12. The minimum Gasteiger partial charge on any atom is -0.332 e. The van der Waals surface area contributed by atoms with Gasteiger partial charge in [0.05, 0.1) is 11.1 Å². The molecule has 1 aliphatic heterocycles. The fourth-order valence-electron chi connectivity index (χ4n) is 5.08. The Labute approximate surface area is 189 Å². The third-order valence-corrected chi connectivity index (χ3v) is 7.37. The summed E-state index contributed by atoms with van der Waals surface area (Å²) in [4.78, 5) is 27.1. The number of anilines is 1. The Balaban J connectivity index is 1.48. The summed E-state index contributed by atoms with van der Waals surface area (Å²) in [5.41, 5.74) is 0.0497. The lowest BCUT2D eigenvalue weighted by atomic mass is 9.69. The molecule has 0 saturated heterocycles. The molecular formula is C24H24ClF3N2O2. The molecule has 170 valence electrons. The van der Waals surface area contributed by atoms with Gasteiger partial charge in [0, 0.05) is 29.2 Å². The van der Waals surface area contributed by atoms with Crippen molar-refractivity contribution >= 4 is 29.1 Å². The van der Waals surface area contributed by atoms with Gasteiger partial charge in [0.1, 0.15) is 0 Å². The van der Waals surface area contributed by atoms with Crippen LogP contribution in [0.2, 0.25) is 5.02 Å². The predicted octanol–water partition coefficient (Wildman–Crippen LogP) is 6.10. The van der Waals surface area contributed by atoms with Gasteiger partial charge in [0.2, 0.25) is 5.91 Å². The first kappa shape index (κ1) is 22.6. The fourth-order valence-corrected chi connectivity index (χ4v) is 5.21. The Morgan fingerprint density at radius 1 is 1.16 bits per heavy atom. The second-order valence-electron chi connectivity index (χ2n) is 8.78. The summed E-state index contributed by atoms with van der Waals surface area (Å²) in [7, 11) is 1.66. The molecule has 1 atom stereocenters. The van der Waals surface area contributed by atoms with Gasteiger partial charge in [0.15, 0.2) is 0 Å². The molecule has 4 rings (SSSR count). The van der Waals surface area contributed by atoms with Crippen LogP contribution in [0.4, 0.5) is 18.9 Å². The van der Waals surface area contributed by atoms with Crippen LogP contribution < -0.4 is 5.32 Å². The van der Waals surface area contributed by atoms with Crippen LogP contribution in [0.25, 0.3) is 0 Å². The van der Waals surface area contributed by atoms with Gasteiger partial charge in [-0.25, -0.2) is 0 Å². The molecule has 1 fully saturated rings. The Morgan fingerprint density at radius 3 is 2.38 bits per heavy atom. The molecule has 0 bridgehead atoms. The van der Waals surface area contributed by atoms with Crippen LogP contribution in [-0.2, 0) is 16.5 Å². The molecule has 0 radical (unpaired) electrons. The third kappa shape index (κ3) is 3.87. The maximum absolute atomic E-state index is 13.1. The summed E-state index contributed by atoms with van der Waals surface area (Å²) in [5, 5.41) is 3.50. The lowest BCUT2D eigenvalue weighted by Gasteiger charge is -2.43. The minimum absolute atomic E-state index is 0.0839. The van der Waals surface area contributed by atoms with Crippen molar-refractivity contribution in [2.24, 2.45) is 11.8 Å². The van der Waals surface area contributed by atoms with Gasteiger partial charge in [-0.05, 0) is 73.6 Å². The van der Waals surface area contributed by atoms with E-state index in [4.69, 9.17) is 11.6 Å². The number of hydrogen-bond donors (Lipinski definition) is 1. The number of nitrogens with one attached hydrogen (secondary N) is 1. The largest absolute Gasteiger partial charge is 0.416 e. The van der Waals surface area contributed by atoms with Gasteiger partial charge in [-0.3, -0.25) is 9.59 Å². The Kier molecular flexibility index (Phi) is 5.74. The molecule has 1 N–H and O–H groups in total. The van der Waals surface area contributed by atoms with Crippen LogP contribution in [0, 0.1) is 11.8 Å². The number of halogens is 4. The zero-order valence-corrected chi connectivity index (χ0v) is 18.6. The van der Waals surface area contributed by atoms with Crippen molar-refractivity contribution in [1.29, 1.82) is 0 Å². The first-order valence-electron chi connectivity index (χ1n) is 10.6. The molecule has 1 spiro atoms. The first-order valence-corrected chi connectivity index (χ1v) is 11.0. The smallest absolute Gasteiger partial charge is 0.332 e. The molecule has 1 saturated carbocycles. The molecule has 4 nitrogen and oxygen atoms in total. The predicted molar refractivity (Wildman–Crippen MR) is 116 cm³/mol. The highest BCUT2D eigenvalue weighted by atomic mass is 35.5. The molecular weight excluding hydrogens is 441 g/mol. The Morgan fingerprint density at radius 2 is 1.78 bits per heavy atom. The van der Waals surface area contributed by atoms with E-state index in [0.29, 0.717) is 42.0 Å². The highest BCUT2D eigenvalue weighted by Gasteiger charge is 2.50. The van der Waals surface area contributed by atoms with Gasteiger partial charge in [0.25, 0.3) is 5.91 Å². The molecule has 32 heavy (non-hydrogen) atoms. The number of benzene rings is 2. The molecule has 2 aromatic carbocycles. The lowest BCUT2D eigenvalue weighted by Crippen LogP contribution is -2.45. The second-order valence-corrected chi connectivity index (χ2v) is 9.21. The quantitative estimate of drug-likeness (QED) is 0.596. The maximum Gasteiger partial charge on any atom is 0.416 e. The monoisotopic (exact) mass is 464 g/mol. The minimum atomic E-state index is -4.49. The molecule has 2 aromatic rings. The zero-order valence-electron chi connectivity index (χ0n) is 17.8. The summed E-state index contributed by atoms with van der Waals surface area (Å²) in [5.74, 6) is -0.579. The van der Waals surface area contributed by atoms with Crippen LogP contribution in [0.3, 0.4) is 0 Å². The topological polar surface area (TPSA) is 49.4 Å². The van der Waals surface area contributed by atoms with E-state index >= 15 is 0 Å². The van der Waals surface area contributed by atoms with E-state index in [2.05, 4.69) is 5.32 Å². The molecule has 0 unspecified atom stereocenters. The average molecular weight is 465 g/mol. The van der Waals surface area contributed by atoms with Crippen molar-refractivity contribution in [2.45, 2.75) is 44.3 Å². The zero-order chi connectivity index (χ0) is 23.3. The van der Waals surface area contributed by atoms with Crippen LogP contribution in [-0.4, -0.2) is 23.8 Å². The average Bonchev–Trinajstić information content (AvgIpc) is 2.96. The van der Waals surface area contributed by atoms with E-state index in [-0.39, 0.29) is 29.2 Å². The Bertz CT molecular complexity index is 1040. The summed E-state index contributed by atoms with van der Waals surface area (Å²) in [6, 6.07) is 10.4. The van der Waals surface area contributed by atoms with Crippen LogP contribution in [0.1, 0.15) is 54.1 Å². The number of nitrogens with zero attached hydrogens (tertiary/aromatic N) is 1. The highest BCUT2D eigenvalue weighted by Crippen LogP contribution is 2.51. The van der Waals surface area contributed by atoms with Crippen molar-refractivity contribution in [3.8, 4) is 0 Å². The fraction of sp³-hybridized carbons (Fsp3) is 0.417. The summed E-state index contributed by atoms with van der Waals surface area (Å²) >= 11 is 5.88. The van der Waals surface area contributed by atoms with E-state index in [1.807, 2.05) is 6.92 Å². The molecule has 8 heteroatoms. The van der Waals surface area contributed by atoms with Crippen LogP contribution in [0.15, 0.2) is 42.5 Å². The summed E-state index contributed by atoms with van der Waals surface area (Å²) in [6.07, 6.45) is -1.87. The SMILES string of the molecule is C[C@H](C(=O)Nc1ccc(Cl)cc1)[C@H]1CC[C@]2(CC1)c1ccc(C(F)(F)F)cc1C(=O)N2C.